The third-order valence-corrected chi connectivity index (χ3v) is 2.55. The van der Waals surface area contributed by atoms with Crippen LogP contribution in [0.1, 0.15) is 52.9 Å². The lowest BCUT2D eigenvalue weighted by atomic mass is 9.76. The van der Waals surface area contributed by atoms with Crippen molar-refractivity contribution in [2.75, 3.05) is 20.0 Å². The van der Waals surface area contributed by atoms with E-state index in [0.29, 0.717) is 5.41 Å². The van der Waals surface area contributed by atoms with Crippen LogP contribution in [0, 0.1) is 5.41 Å². The van der Waals surface area contributed by atoms with Crippen LogP contribution in [0.2, 0.25) is 0 Å². The van der Waals surface area contributed by atoms with E-state index in [9.17, 15) is 4.79 Å². The largest absolute Gasteiger partial charge is 0.384 e. The Morgan fingerprint density at radius 2 is 1.56 bits per heavy atom. The number of thiol groups is 1. The van der Waals surface area contributed by atoms with Crippen LogP contribution >= 0.6 is 12.6 Å². The van der Waals surface area contributed by atoms with Gasteiger partial charge in [-0.25, -0.2) is 0 Å². The molecule has 16 heavy (non-hydrogen) atoms. The Balaban J connectivity index is 0. The molecule has 0 N–H and O–H groups in total. The van der Waals surface area contributed by atoms with Crippen molar-refractivity contribution < 1.29 is 9.53 Å². The molecular weight excluding hydrogens is 220 g/mol. The van der Waals surface area contributed by atoms with Crippen molar-refractivity contribution in [3.8, 4) is 0 Å². The molecule has 0 aromatic heterocycles. The van der Waals surface area contributed by atoms with Crippen LogP contribution in [0.5, 0.6) is 0 Å². The summed E-state index contributed by atoms with van der Waals surface area (Å²) in [5.41, 5.74) is 0.507. The van der Waals surface area contributed by atoms with Gasteiger partial charge in [-0.05, 0) is 38.4 Å². The summed E-state index contributed by atoms with van der Waals surface area (Å²) in [5, 5.41) is 0. The summed E-state index contributed by atoms with van der Waals surface area (Å²) in [6, 6.07) is 0. The highest BCUT2D eigenvalue weighted by atomic mass is 32.1. The Morgan fingerprint density at radius 3 is 1.88 bits per heavy atom. The van der Waals surface area contributed by atoms with Crippen LogP contribution in [0.4, 0.5) is 0 Å². The van der Waals surface area contributed by atoms with Crippen molar-refractivity contribution in [2.45, 2.75) is 52.9 Å². The molecule has 1 aliphatic rings. The Labute approximate surface area is 107 Å². The summed E-state index contributed by atoms with van der Waals surface area (Å²) in [7, 11) is 1.81. The van der Waals surface area contributed by atoms with Crippen molar-refractivity contribution in [1.82, 2.24) is 0 Å². The molecule has 1 rings (SSSR count). The first kappa shape index (κ1) is 18.3. The molecule has 0 atom stereocenters. The minimum Gasteiger partial charge on any atom is -0.384 e. The first-order valence-electron chi connectivity index (χ1n) is 5.91. The number of carbonyl (C=O) groups is 1. The second-order valence-electron chi connectivity index (χ2n) is 4.71. The van der Waals surface area contributed by atoms with E-state index in [-0.39, 0.29) is 5.78 Å². The van der Waals surface area contributed by atoms with Gasteiger partial charge in [-0.2, -0.15) is 12.6 Å². The molecule has 0 aliphatic heterocycles. The average molecular weight is 248 g/mol. The summed E-state index contributed by atoms with van der Waals surface area (Å²) in [6.45, 7) is 6.35. The summed E-state index contributed by atoms with van der Waals surface area (Å²) in [5.74, 6) is 0.167. The van der Waals surface area contributed by atoms with E-state index >= 15 is 0 Å². The van der Waals surface area contributed by atoms with Gasteiger partial charge in [0.05, 0.1) is 6.61 Å². The molecule has 3 heteroatoms. The fourth-order valence-electron chi connectivity index (χ4n) is 1.90. The molecule has 0 spiro atoms. The lowest BCUT2D eigenvalue weighted by Crippen LogP contribution is -2.25. The maximum absolute atomic E-state index is 9.44. The molecular formula is C13H28O2S. The van der Waals surface area contributed by atoms with Gasteiger partial charge < -0.3 is 9.53 Å². The van der Waals surface area contributed by atoms with Crippen molar-refractivity contribution in [1.29, 1.82) is 0 Å². The van der Waals surface area contributed by atoms with Crippen LogP contribution in [0.15, 0.2) is 0 Å². The molecule has 1 saturated carbocycles. The maximum atomic E-state index is 9.44. The van der Waals surface area contributed by atoms with Crippen LogP contribution < -0.4 is 0 Å². The smallest absolute Gasteiger partial charge is 0.126 e. The Kier molecular flexibility index (Phi) is 13.1. The van der Waals surface area contributed by atoms with E-state index in [1.54, 1.807) is 13.4 Å². The molecule has 0 bridgehead atoms. The van der Waals surface area contributed by atoms with Gasteiger partial charge in [0, 0.05) is 7.11 Å². The van der Waals surface area contributed by atoms with Crippen molar-refractivity contribution >= 4 is 18.4 Å². The fraction of sp³-hybridized carbons (Fsp3) is 0.923. The molecule has 0 aromatic rings. The minimum absolute atomic E-state index is 0.167. The predicted octanol–water partition coefficient (Wildman–Crippen LogP) is 3.74. The van der Waals surface area contributed by atoms with Crippen molar-refractivity contribution in [3.05, 3.63) is 0 Å². The van der Waals surface area contributed by atoms with E-state index in [2.05, 4.69) is 19.6 Å². The van der Waals surface area contributed by atoms with Gasteiger partial charge in [0.1, 0.15) is 5.78 Å². The summed E-state index contributed by atoms with van der Waals surface area (Å²) in [6.07, 6.45) is 8.65. The van der Waals surface area contributed by atoms with Gasteiger partial charge in [-0.1, -0.05) is 26.2 Å². The summed E-state index contributed by atoms with van der Waals surface area (Å²) < 4.78 is 5.18. The van der Waals surface area contributed by atoms with Crippen molar-refractivity contribution in [2.24, 2.45) is 5.41 Å². The molecule has 0 heterocycles. The number of hydrogen-bond donors (Lipinski definition) is 1. The summed E-state index contributed by atoms with van der Waals surface area (Å²) >= 11 is 3.53. The van der Waals surface area contributed by atoms with Gasteiger partial charge >= 0.3 is 0 Å². The predicted molar refractivity (Wildman–Crippen MR) is 74.3 cm³/mol. The topological polar surface area (TPSA) is 26.3 Å². The monoisotopic (exact) mass is 248 g/mol. The molecule has 2 nitrogen and oxygen atoms in total. The molecule has 0 saturated heterocycles. The number of ether oxygens (including phenoxy) is 1. The molecule has 0 amide bonds. The maximum Gasteiger partial charge on any atom is 0.126 e. The fourth-order valence-corrected chi connectivity index (χ4v) is 1.90. The lowest BCUT2D eigenvalue weighted by molar-refractivity contribution is -0.114. The third-order valence-electron chi connectivity index (χ3n) is 2.55. The van der Waals surface area contributed by atoms with Gasteiger partial charge in [0.25, 0.3) is 0 Å². The Bertz CT molecular complexity index is 154. The SMILES string of the molecule is CC(C)=O.COCC1(C)CCCCC1.CS. The average Bonchev–Trinajstić information content (AvgIpc) is 2.21. The number of methoxy groups -OCH3 is 1. The number of hydrogen-bond acceptors (Lipinski definition) is 3. The minimum atomic E-state index is 0.167. The van der Waals surface area contributed by atoms with E-state index < -0.39 is 0 Å². The molecule has 0 radical (unpaired) electrons. The zero-order valence-corrected chi connectivity index (χ0v) is 12.4. The number of Topliss-reactive ketones (excluding diaryl/α,β-unsaturated/α-hetero) is 1. The van der Waals surface area contributed by atoms with Crippen LogP contribution in [0.3, 0.4) is 0 Å². The summed E-state index contributed by atoms with van der Waals surface area (Å²) in [4.78, 5) is 9.44. The van der Waals surface area contributed by atoms with Gasteiger partial charge in [0.15, 0.2) is 0 Å². The van der Waals surface area contributed by atoms with E-state index in [1.165, 1.54) is 46.0 Å². The molecule has 1 fully saturated rings. The number of carbonyl (C=O) groups excluding carboxylic acids is 1. The molecule has 0 aromatic carbocycles. The number of rotatable bonds is 2. The number of ketones is 1. The second-order valence-corrected chi connectivity index (χ2v) is 4.71. The first-order valence-corrected chi connectivity index (χ1v) is 6.80. The standard InChI is InChI=1S/C9H18O.C3H6O.CH4S/c1-9(8-10-2)6-4-3-5-7-9;1-3(2)4;1-2/h3-8H2,1-2H3;1-2H3;2H,1H3. The van der Waals surface area contributed by atoms with Gasteiger partial charge in [-0.3, -0.25) is 0 Å². The normalized spacial score (nSPS) is 17.4. The first-order chi connectivity index (χ1) is 7.50. The zero-order valence-electron chi connectivity index (χ0n) is 11.5. The Hall–Kier alpha value is -0.0200. The molecule has 98 valence electrons. The lowest BCUT2D eigenvalue weighted by Gasteiger charge is -2.32. The van der Waals surface area contributed by atoms with Crippen molar-refractivity contribution in [3.63, 3.8) is 0 Å². The quantitative estimate of drug-likeness (QED) is 0.753. The van der Waals surface area contributed by atoms with Gasteiger partial charge in [0.2, 0.25) is 0 Å². The van der Waals surface area contributed by atoms with Crippen LogP contribution in [-0.2, 0) is 9.53 Å². The third kappa shape index (κ3) is 12.1. The highest BCUT2D eigenvalue weighted by molar-refractivity contribution is 7.79. The Morgan fingerprint density at radius 1 is 1.19 bits per heavy atom. The van der Waals surface area contributed by atoms with Crippen LogP contribution in [0.25, 0.3) is 0 Å². The molecule has 0 unspecified atom stereocenters. The van der Waals surface area contributed by atoms with Gasteiger partial charge in [-0.15, -0.1) is 0 Å². The van der Waals surface area contributed by atoms with E-state index in [0.717, 1.165) is 6.61 Å². The molecule has 1 aliphatic carbocycles. The second kappa shape index (κ2) is 11.5. The van der Waals surface area contributed by atoms with Crippen LogP contribution in [-0.4, -0.2) is 25.8 Å². The zero-order chi connectivity index (χ0) is 13.0. The van der Waals surface area contributed by atoms with E-state index in [1.807, 2.05) is 0 Å². The van der Waals surface area contributed by atoms with E-state index in [4.69, 9.17) is 4.74 Å². The highest BCUT2D eigenvalue weighted by Gasteiger charge is 2.26. The highest BCUT2D eigenvalue weighted by Crippen LogP contribution is 2.35.